The molecular formula is C4H4Ar11O3. The zero-order chi connectivity index (χ0) is 5.28. The van der Waals surface area contributed by atoms with Gasteiger partial charge in [0.1, 0.15) is 0 Å². The summed E-state index contributed by atoms with van der Waals surface area (Å²) in [7, 11) is 0. The van der Waals surface area contributed by atoms with Crippen LogP contribution in [0.3, 0.4) is 0 Å². The van der Waals surface area contributed by atoms with Crippen molar-refractivity contribution in [2.75, 3.05) is 0 Å². The number of hydrogen-bond donors (Lipinski definition) is 0. The summed E-state index contributed by atoms with van der Waals surface area (Å²) < 4.78 is 4.08. The van der Waals surface area contributed by atoms with E-state index in [-0.39, 0.29) is 428 Å². The van der Waals surface area contributed by atoms with Gasteiger partial charge in [-0.15, -0.1) is 0 Å². The molecule has 126 valence electrons. The van der Waals surface area contributed by atoms with Crippen molar-refractivity contribution in [1.29, 1.82) is 0 Å². The second-order valence-corrected chi connectivity index (χ2v) is 1.35. The van der Waals surface area contributed by atoms with Gasteiger partial charge in [0.15, 0.2) is 0 Å². The van der Waals surface area contributed by atoms with Crippen LogP contribution in [-0.4, -0.2) is 11.9 Å². The van der Waals surface area contributed by atoms with Crippen LogP contribution in [0.4, 0.5) is 0 Å². The Morgan fingerprint density at radius 2 is 0.667 bits per heavy atom. The van der Waals surface area contributed by atoms with Crippen molar-refractivity contribution in [3.63, 3.8) is 0 Å². The second kappa shape index (κ2) is 52.1. The van der Waals surface area contributed by atoms with Gasteiger partial charge in [-0.3, -0.25) is 9.59 Å². The molecule has 1 aliphatic heterocycles. The third kappa shape index (κ3) is 47.0. The van der Waals surface area contributed by atoms with E-state index in [1.54, 1.807) is 0 Å². The molecule has 1 aliphatic rings. The van der Waals surface area contributed by atoms with Crippen LogP contribution in [0.25, 0.3) is 0 Å². The Balaban J connectivity index is -0.00000000495. The molecule has 1 fully saturated rings. The van der Waals surface area contributed by atoms with Crippen molar-refractivity contribution in [1.82, 2.24) is 0 Å². The SMILES string of the molecule is O=C1CCC(=O)O1.[Ar].[Ar].[Ar].[Ar].[Ar].[Ar].[Ar].[Ar].[Ar].[Ar].[Ar]. The number of ether oxygens (including phenoxy) is 1. The first-order chi connectivity index (χ1) is 3.29. The van der Waals surface area contributed by atoms with E-state index in [0.29, 0.717) is 0 Å². The summed E-state index contributed by atoms with van der Waals surface area (Å²) >= 11 is 0. The van der Waals surface area contributed by atoms with Crippen molar-refractivity contribution in [2.24, 2.45) is 0 Å². The number of carbonyl (C=O) groups is 2. The molecule has 3 nitrogen and oxygen atoms in total. The zero-order valence-electron chi connectivity index (χ0n) is 7.53. The van der Waals surface area contributed by atoms with Gasteiger partial charge in [-0.2, -0.15) is 0 Å². The Bertz CT molecular complexity index is 119. The predicted molar refractivity (Wildman–Crippen MR) is 20.3 cm³/mol. The number of esters is 2. The van der Waals surface area contributed by atoms with Gasteiger partial charge in [0.05, 0.1) is 12.8 Å². The van der Waals surface area contributed by atoms with Crippen LogP contribution in [0.15, 0.2) is 0 Å². The Labute approximate surface area is 438 Å². The first-order valence-corrected chi connectivity index (χ1v) is 2.02. The number of carbonyl (C=O) groups excluding carboxylic acids is 2. The minimum Gasteiger partial charge on any atom is -0.393 e. The first kappa shape index (κ1) is 69.8. The van der Waals surface area contributed by atoms with Crippen LogP contribution < -0.4 is 0 Å². The van der Waals surface area contributed by atoms with Crippen LogP contribution in [0.5, 0.6) is 0 Å². The Hall–Kier alpha value is 13.0. The van der Waals surface area contributed by atoms with E-state index in [4.69, 9.17) is 0 Å². The van der Waals surface area contributed by atoms with E-state index in [9.17, 15) is 9.59 Å². The van der Waals surface area contributed by atoms with E-state index in [0.717, 1.165) is 0 Å². The Kier molecular flexibility index (Phi) is 202. The van der Waals surface area contributed by atoms with Crippen LogP contribution in [0.1, 0.15) is 12.8 Å². The number of hydrogen-bond acceptors (Lipinski definition) is 3. The van der Waals surface area contributed by atoms with E-state index in [1.165, 1.54) is 0 Å². The number of cyclic esters (lactones) is 2. The molecule has 1 saturated heterocycles. The molecule has 0 bridgehead atoms. The van der Waals surface area contributed by atoms with E-state index in [1.807, 2.05) is 0 Å². The molecular weight excluding hydrogens is 535 g/mol. The van der Waals surface area contributed by atoms with Crippen LogP contribution >= 0.6 is 0 Å². The molecule has 0 aromatic carbocycles. The van der Waals surface area contributed by atoms with Crippen molar-refractivity contribution >= 4 is 11.9 Å². The van der Waals surface area contributed by atoms with Gasteiger partial charge in [0.2, 0.25) is 0 Å². The summed E-state index contributed by atoms with van der Waals surface area (Å²) in [6.45, 7) is 0. The molecule has 0 aromatic rings. The van der Waals surface area contributed by atoms with Crippen molar-refractivity contribution in [3.05, 3.63) is 0 Å². The standard InChI is InChI=1S/C4H4O3.11Ar/c5-3-1-2-4(6)7-3;;;;;;;;;;;/h1-2H2;;;;;;;;;;;. The van der Waals surface area contributed by atoms with Gasteiger partial charge in [-0.05, 0) is 0 Å². The average molecular weight is 540 g/mol. The molecule has 0 N–H and O–H groups in total. The molecule has 0 aliphatic carbocycles. The molecule has 0 aromatic heterocycles. The Morgan fingerprint density at radius 3 is 0.722 bits per heavy atom. The summed E-state index contributed by atoms with van der Waals surface area (Å²) in [5, 5.41) is 0. The van der Waals surface area contributed by atoms with E-state index in [2.05, 4.69) is 4.74 Å². The topological polar surface area (TPSA) is 43.4 Å². The molecule has 18 heavy (non-hydrogen) atoms. The monoisotopic (exact) mass is 540 g/mol. The minimum absolute atomic E-state index is 0. The molecule has 0 unspecified atom stereocenters. The maximum Gasteiger partial charge on any atom is 0.314 e. The van der Waals surface area contributed by atoms with Crippen molar-refractivity contribution < 1.29 is 429 Å². The number of rotatable bonds is 0. The van der Waals surface area contributed by atoms with E-state index >= 15 is 0 Å². The zero-order valence-corrected chi connectivity index (χ0v) is 15.3. The predicted octanol–water partition coefficient (Wildman–Crippen LogP) is -0.150. The first-order valence-electron chi connectivity index (χ1n) is 2.02. The van der Waals surface area contributed by atoms with Crippen LogP contribution in [0.2, 0.25) is 0 Å². The summed E-state index contributed by atoms with van der Waals surface area (Å²) in [4.78, 5) is 20.0. The summed E-state index contributed by atoms with van der Waals surface area (Å²) in [6.07, 6.45) is 0.525. The van der Waals surface area contributed by atoms with Gasteiger partial charge < -0.3 is 4.74 Å². The molecule has 1 heterocycles. The summed E-state index contributed by atoms with van der Waals surface area (Å²) in [5.41, 5.74) is 0. The smallest absolute Gasteiger partial charge is 0.314 e. The molecule has 14 heteroatoms. The third-order valence-electron chi connectivity index (χ3n) is 0.761. The summed E-state index contributed by atoms with van der Waals surface area (Å²) in [5.74, 6) is -0.796. The van der Waals surface area contributed by atoms with Gasteiger partial charge in [-0.1, -0.05) is 0 Å². The summed E-state index contributed by atoms with van der Waals surface area (Å²) in [6, 6.07) is 0. The molecule has 0 spiro atoms. The molecule has 0 radical (unpaired) electrons. The van der Waals surface area contributed by atoms with Crippen LogP contribution in [0, 0.1) is 415 Å². The van der Waals surface area contributed by atoms with Gasteiger partial charge in [0.25, 0.3) is 0 Å². The maximum absolute atomic E-state index is 10.0. The molecule has 1 rings (SSSR count). The minimum atomic E-state index is -0.398. The molecule has 0 saturated carbocycles. The third-order valence-corrected chi connectivity index (χ3v) is 0.761. The largest absolute Gasteiger partial charge is 0.393 e. The fraction of sp³-hybridized carbons (Fsp3) is 0.500. The normalized spacial score (nSPS) is 7.78. The van der Waals surface area contributed by atoms with Gasteiger partial charge in [0, 0.05) is 415 Å². The molecule has 0 amide bonds. The van der Waals surface area contributed by atoms with E-state index < -0.39 is 11.9 Å². The average Bonchev–Trinajstić information content (AvgIpc) is 1.87. The molecule has 0 atom stereocenters. The van der Waals surface area contributed by atoms with Gasteiger partial charge >= 0.3 is 11.9 Å². The fourth-order valence-corrected chi connectivity index (χ4v) is 0.433. The quantitative estimate of drug-likeness (QED) is 0.318. The Morgan fingerprint density at radius 1 is 0.500 bits per heavy atom. The van der Waals surface area contributed by atoms with Crippen LogP contribution in [-0.2, 0) is 14.3 Å². The van der Waals surface area contributed by atoms with Crippen molar-refractivity contribution in [2.45, 2.75) is 12.8 Å². The van der Waals surface area contributed by atoms with Gasteiger partial charge in [-0.25, -0.2) is 0 Å². The fourth-order valence-electron chi connectivity index (χ4n) is 0.433. The maximum atomic E-state index is 10.0. The second-order valence-electron chi connectivity index (χ2n) is 1.35. The van der Waals surface area contributed by atoms with Crippen molar-refractivity contribution in [3.8, 4) is 0 Å².